The van der Waals surface area contributed by atoms with Crippen molar-refractivity contribution in [1.29, 1.82) is 0 Å². The van der Waals surface area contributed by atoms with Crippen LogP contribution < -0.4 is 0 Å². The van der Waals surface area contributed by atoms with Crippen LogP contribution in [0.15, 0.2) is 27.4 Å². The van der Waals surface area contributed by atoms with Crippen LogP contribution in [0.5, 0.6) is 0 Å². The van der Waals surface area contributed by atoms with E-state index in [-0.39, 0.29) is 12.0 Å². The molecule has 0 radical (unpaired) electrons. The van der Waals surface area contributed by atoms with Gasteiger partial charge in [-0.1, -0.05) is 0 Å². The molecule has 1 unspecified atom stereocenters. The minimum atomic E-state index is -0.651. The van der Waals surface area contributed by atoms with Crippen molar-refractivity contribution in [3.05, 3.63) is 42.7 Å². The highest BCUT2D eigenvalue weighted by Gasteiger charge is 2.32. The molecule has 0 saturated carbocycles. The monoisotopic (exact) mass is 399 g/mol. The minimum Gasteiger partial charge on any atom is -0.481 e. The summed E-state index contributed by atoms with van der Waals surface area (Å²) in [6, 6.07) is 6.70. The Labute approximate surface area is 146 Å². The van der Waals surface area contributed by atoms with E-state index in [1.54, 1.807) is 22.7 Å². The van der Waals surface area contributed by atoms with Crippen LogP contribution in [0.4, 0.5) is 0 Å². The first-order chi connectivity index (χ1) is 10.6. The van der Waals surface area contributed by atoms with Gasteiger partial charge >= 0.3 is 5.97 Å². The first-order valence-corrected chi connectivity index (χ1v) is 9.81. The fraction of sp³-hybridized carbons (Fsp3) is 0.438. The van der Waals surface area contributed by atoms with E-state index < -0.39 is 5.97 Å². The first-order valence-electron chi connectivity index (χ1n) is 7.32. The molecule has 1 aliphatic rings. The Morgan fingerprint density at radius 3 is 2.59 bits per heavy atom. The van der Waals surface area contributed by atoms with Gasteiger partial charge in [-0.15, -0.1) is 22.7 Å². The minimum absolute atomic E-state index is 0.184. The van der Waals surface area contributed by atoms with Crippen LogP contribution in [0, 0.1) is 12.8 Å². The molecule has 1 saturated heterocycles. The van der Waals surface area contributed by atoms with Gasteiger partial charge in [-0.25, -0.2) is 0 Å². The fourth-order valence-corrected chi connectivity index (χ4v) is 5.74. The molecule has 1 aliphatic heterocycles. The third-order valence-electron chi connectivity index (χ3n) is 4.26. The quantitative estimate of drug-likeness (QED) is 0.804. The lowest BCUT2D eigenvalue weighted by Crippen LogP contribution is -2.38. The van der Waals surface area contributed by atoms with Gasteiger partial charge in [-0.05, 0) is 77.9 Å². The molecule has 0 aliphatic carbocycles. The number of carboxylic acids is 1. The van der Waals surface area contributed by atoms with E-state index in [1.807, 2.05) is 0 Å². The predicted octanol–water partition coefficient (Wildman–Crippen LogP) is 4.77. The number of hydrogen-bond acceptors (Lipinski definition) is 4. The molecule has 0 amide bonds. The third-order valence-corrected chi connectivity index (χ3v) is 7.00. The summed E-state index contributed by atoms with van der Waals surface area (Å²) in [6.45, 7) is 3.84. The van der Waals surface area contributed by atoms with Crippen molar-refractivity contribution in [2.75, 3.05) is 13.1 Å². The van der Waals surface area contributed by atoms with Gasteiger partial charge in [0, 0.05) is 9.75 Å². The highest BCUT2D eigenvalue weighted by molar-refractivity contribution is 9.11. The SMILES string of the molecule is Cc1ccsc1C(c1ccc(Br)s1)N1CCC(C(=O)O)CC1. The van der Waals surface area contributed by atoms with Gasteiger partial charge in [0.05, 0.1) is 15.7 Å². The Kier molecular flexibility index (Phi) is 5.02. The van der Waals surface area contributed by atoms with Crippen LogP contribution in [0.2, 0.25) is 0 Å². The van der Waals surface area contributed by atoms with Gasteiger partial charge in [0.1, 0.15) is 0 Å². The van der Waals surface area contributed by atoms with Gasteiger partial charge in [0.2, 0.25) is 0 Å². The second-order valence-electron chi connectivity index (χ2n) is 5.66. The van der Waals surface area contributed by atoms with Crippen molar-refractivity contribution >= 4 is 44.6 Å². The second kappa shape index (κ2) is 6.83. The molecule has 1 fully saturated rings. The fourth-order valence-electron chi connectivity index (χ4n) is 3.02. The molecule has 0 spiro atoms. The molecule has 3 nitrogen and oxygen atoms in total. The largest absolute Gasteiger partial charge is 0.481 e. The number of carbonyl (C=O) groups is 1. The molecule has 6 heteroatoms. The number of aliphatic carboxylic acids is 1. The molecule has 2 aromatic rings. The lowest BCUT2D eigenvalue weighted by molar-refractivity contribution is -0.143. The molecule has 3 heterocycles. The lowest BCUT2D eigenvalue weighted by Gasteiger charge is -2.36. The smallest absolute Gasteiger partial charge is 0.306 e. The Bertz CT molecular complexity index is 659. The van der Waals surface area contributed by atoms with Crippen molar-refractivity contribution < 1.29 is 9.90 Å². The van der Waals surface area contributed by atoms with E-state index in [9.17, 15) is 9.90 Å². The number of thiophene rings is 2. The van der Waals surface area contributed by atoms with Gasteiger partial charge in [-0.2, -0.15) is 0 Å². The molecule has 2 aromatic heterocycles. The number of nitrogens with zero attached hydrogens (tertiary/aromatic N) is 1. The maximum atomic E-state index is 11.2. The van der Waals surface area contributed by atoms with Crippen molar-refractivity contribution in [3.63, 3.8) is 0 Å². The molecule has 1 atom stereocenters. The highest BCUT2D eigenvalue weighted by Crippen LogP contribution is 2.40. The van der Waals surface area contributed by atoms with E-state index in [1.165, 1.54) is 15.3 Å². The summed E-state index contributed by atoms with van der Waals surface area (Å²) >= 11 is 7.13. The first kappa shape index (κ1) is 16.2. The van der Waals surface area contributed by atoms with Crippen molar-refractivity contribution in [3.8, 4) is 0 Å². The zero-order valence-corrected chi connectivity index (χ0v) is 15.5. The van der Waals surface area contributed by atoms with E-state index in [0.29, 0.717) is 0 Å². The number of hydrogen-bond donors (Lipinski definition) is 1. The normalized spacial score (nSPS) is 18.5. The number of likely N-dealkylation sites (tertiary alicyclic amines) is 1. The van der Waals surface area contributed by atoms with Gasteiger partial charge in [-0.3, -0.25) is 9.69 Å². The van der Waals surface area contributed by atoms with Crippen LogP contribution >= 0.6 is 38.6 Å². The summed E-state index contributed by atoms with van der Waals surface area (Å²) in [4.78, 5) is 16.3. The molecular weight excluding hydrogens is 382 g/mol. The van der Waals surface area contributed by atoms with Crippen molar-refractivity contribution in [1.82, 2.24) is 4.90 Å². The Balaban J connectivity index is 1.87. The summed E-state index contributed by atoms with van der Waals surface area (Å²) in [6.07, 6.45) is 1.48. The summed E-state index contributed by atoms with van der Waals surface area (Å²) < 4.78 is 1.14. The number of carboxylic acid groups (broad SMARTS) is 1. The Hall–Kier alpha value is -0.690. The van der Waals surface area contributed by atoms with Gasteiger partial charge < -0.3 is 5.11 Å². The molecule has 1 N–H and O–H groups in total. The lowest BCUT2D eigenvalue weighted by atomic mass is 9.95. The summed E-state index contributed by atoms with van der Waals surface area (Å²) in [5.74, 6) is -0.834. The van der Waals surface area contributed by atoms with Crippen LogP contribution in [0.3, 0.4) is 0 Å². The zero-order valence-electron chi connectivity index (χ0n) is 12.3. The molecular formula is C16H18BrNO2S2. The Morgan fingerprint density at radius 1 is 1.36 bits per heavy atom. The highest BCUT2D eigenvalue weighted by atomic mass is 79.9. The van der Waals surface area contributed by atoms with Crippen molar-refractivity contribution in [2.45, 2.75) is 25.8 Å². The number of halogens is 1. The standard InChI is InChI=1S/C16H18BrNO2S2/c1-10-6-9-21-15(10)14(12-2-3-13(17)22-12)18-7-4-11(5-8-18)16(19)20/h2-3,6,9,11,14H,4-5,7-8H2,1H3,(H,19,20). The van der Waals surface area contributed by atoms with E-state index in [4.69, 9.17) is 0 Å². The topological polar surface area (TPSA) is 40.5 Å². The van der Waals surface area contributed by atoms with Crippen LogP contribution in [-0.4, -0.2) is 29.1 Å². The average molecular weight is 400 g/mol. The van der Waals surface area contributed by atoms with Gasteiger partial charge in [0.25, 0.3) is 0 Å². The maximum absolute atomic E-state index is 11.2. The molecule has 3 rings (SSSR count). The molecule has 0 bridgehead atoms. The predicted molar refractivity (Wildman–Crippen MR) is 94.9 cm³/mol. The molecule has 0 aromatic carbocycles. The van der Waals surface area contributed by atoms with Crippen LogP contribution in [-0.2, 0) is 4.79 Å². The summed E-state index contributed by atoms with van der Waals surface area (Å²) in [5.41, 5.74) is 1.32. The van der Waals surface area contributed by atoms with E-state index >= 15 is 0 Å². The third kappa shape index (κ3) is 3.30. The zero-order chi connectivity index (χ0) is 15.7. The van der Waals surface area contributed by atoms with Crippen LogP contribution in [0.1, 0.15) is 34.2 Å². The van der Waals surface area contributed by atoms with Crippen molar-refractivity contribution in [2.24, 2.45) is 5.92 Å². The second-order valence-corrected chi connectivity index (χ2v) is 9.10. The number of rotatable bonds is 4. The van der Waals surface area contributed by atoms with E-state index in [0.717, 1.165) is 29.7 Å². The number of aryl methyl sites for hydroxylation is 1. The Morgan fingerprint density at radius 2 is 2.09 bits per heavy atom. The summed E-state index contributed by atoms with van der Waals surface area (Å²) in [5, 5.41) is 11.3. The maximum Gasteiger partial charge on any atom is 0.306 e. The number of piperidine rings is 1. The average Bonchev–Trinajstić information content (AvgIpc) is 3.10. The van der Waals surface area contributed by atoms with Crippen LogP contribution in [0.25, 0.3) is 0 Å². The molecule has 118 valence electrons. The van der Waals surface area contributed by atoms with E-state index in [2.05, 4.69) is 51.3 Å². The summed E-state index contributed by atoms with van der Waals surface area (Å²) in [7, 11) is 0. The molecule has 22 heavy (non-hydrogen) atoms. The van der Waals surface area contributed by atoms with Gasteiger partial charge in [0.15, 0.2) is 0 Å².